The smallest absolute Gasteiger partial charge is 0.345 e. The lowest BCUT2D eigenvalue weighted by Crippen LogP contribution is -2.21. The highest BCUT2D eigenvalue weighted by Gasteiger charge is 2.15. The van der Waals surface area contributed by atoms with Gasteiger partial charge in [-0.3, -0.25) is 0 Å². The summed E-state index contributed by atoms with van der Waals surface area (Å²) in [6, 6.07) is 24.1. The minimum absolute atomic E-state index is 0.273. The Morgan fingerprint density at radius 3 is 2.00 bits per heavy atom. The summed E-state index contributed by atoms with van der Waals surface area (Å²) < 4.78 is 5.33. The summed E-state index contributed by atoms with van der Waals surface area (Å²) in [6.45, 7) is 0. The quantitative estimate of drug-likeness (QED) is 0.544. The van der Waals surface area contributed by atoms with Crippen LogP contribution in [0.3, 0.4) is 0 Å². The molecule has 0 aromatic heterocycles. The molecule has 0 aliphatic rings. The summed E-state index contributed by atoms with van der Waals surface area (Å²) in [5.41, 5.74) is 1.30. The van der Waals surface area contributed by atoms with E-state index >= 15 is 0 Å². The third kappa shape index (κ3) is 4.45. The fraction of sp³-hybridized carbons (Fsp3) is 0. The van der Waals surface area contributed by atoms with E-state index < -0.39 is 12.0 Å². The van der Waals surface area contributed by atoms with Crippen molar-refractivity contribution < 1.29 is 14.3 Å². The first-order valence-electron chi connectivity index (χ1n) is 7.72. The van der Waals surface area contributed by atoms with Gasteiger partial charge < -0.3 is 15.4 Å². The lowest BCUT2D eigenvalue weighted by molar-refractivity contribution is 0.0736. The number of anilines is 2. The average Bonchev–Trinajstić information content (AvgIpc) is 2.63. The van der Waals surface area contributed by atoms with E-state index in [1.807, 2.05) is 24.3 Å². The van der Waals surface area contributed by atoms with Crippen molar-refractivity contribution in [2.24, 2.45) is 0 Å². The Morgan fingerprint density at radius 2 is 1.28 bits per heavy atom. The Morgan fingerprint density at radius 1 is 0.680 bits per heavy atom. The molecule has 0 fully saturated rings. The molecule has 0 radical (unpaired) electrons. The van der Waals surface area contributed by atoms with Gasteiger partial charge in [-0.2, -0.15) is 0 Å². The maximum absolute atomic E-state index is 12.4. The molecule has 3 rings (SSSR count). The van der Waals surface area contributed by atoms with E-state index in [0.717, 1.165) is 0 Å². The van der Waals surface area contributed by atoms with Crippen LogP contribution in [0.2, 0.25) is 0 Å². The molecule has 0 aliphatic heterocycles. The van der Waals surface area contributed by atoms with Crippen LogP contribution >= 0.6 is 0 Å². The highest BCUT2D eigenvalue weighted by atomic mass is 16.5. The molecule has 2 amide bonds. The second-order valence-electron chi connectivity index (χ2n) is 5.19. The SMILES string of the molecule is O=C(Nc1ccccc1)Nc1ccccc1C(=O)Oc1ccccc1. The minimum atomic E-state index is -0.540. The number of carbonyl (C=O) groups is 2. The summed E-state index contributed by atoms with van der Waals surface area (Å²) in [4.78, 5) is 24.5. The first kappa shape index (κ1) is 16.3. The van der Waals surface area contributed by atoms with E-state index in [-0.39, 0.29) is 5.56 Å². The molecule has 25 heavy (non-hydrogen) atoms. The summed E-state index contributed by atoms with van der Waals surface area (Å²) >= 11 is 0. The van der Waals surface area contributed by atoms with E-state index in [0.29, 0.717) is 17.1 Å². The predicted octanol–water partition coefficient (Wildman–Crippen LogP) is 4.55. The van der Waals surface area contributed by atoms with Gasteiger partial charge in [0, 0.05) is 5.69 Å². The molecule has 124 valence electrons. The van der Waals surface area contributed by atoms with Crippen LogP contribution in [0.4, 0.5) is 16.2 Å². The number of hydrogen-bond acceptors (Lipinski definition) is 3. The van der Waals surface area contributed by atoms with Crippen LogP contribution in [0.5, 0.6) is 5.75 Å². The fourth-order valence-corrected chi connectivity index (χ4v) is 2.23. The molecule has 0 heterocycles. The number of para-hydroxylation sites is 3. The van der Waals surface area contributed by atoms with Gasteiger partial charge in [-0.1, -0.05) is 48.5 Å². The van der Waals surface area contributed by atoms with Crippen molar-refractivity contribution in [3.05, 3.63) is 90.5 Å². The number of carbonyl (C=O) groups excluding carboxylic acids is 2. The molecule has 0 aliphatic carbocycles. The summed E-state index contributed by atoms with van der Waals surface area (Å²) in [7, 11) is 0. The van der Waals surface area contributed by atoms with Crippen molar-refractivity contribution in [1.82, 2.24) is 0 Å². The van der Waals surface area contributed by atoms with Crippen molar-refractivity contribution >= 4 is 23.4 Å². The highest BCUT2D eigenvalue weighted by Crippen LogP contribution is 2.19. The first-order valence-corrected chi connectivity index (χ1v) is 7.72. The van der Waals surface area contributed by atoms with Gasteiger partial charge in [0.05, 0.1) is 11.3 Å². The van der Waals surface area contributed by atoms with Gasteiger partial charge >= 0.3 is 12.0 Å². The number of nitrogens with one attached hydrogen (secondary N) is 2. The Hall–Kier alpha value is -3.60. The van der Waals surface area contributed by atoms with Gasteiger partial charge in [-0.05, 0) is 36.4 Å². The monoisotopic (exact) mass is 332 g/mol. The summed E-state index contributed by atoms with van der Waals surface area (Å²) in [5.74, 6) is -0.0992. The van der Waals surface area contributed by atoms with Crippen LogP contribution in [0.25, 0.3) is 0 Å². The number of rotatable bonds is 4. The molecule has 0 spiro atoms. The number of amides is 2. The van der Waals surface area contributed by atoms with Crippen molar-refractivity contribution in [1.29, 1.82) is 0 Å². The van der Waals surface area contributed by atoms with Crippen LogP contribution < -0.4 is 15.4 Å². The van der Waals surface area contributed by atoms with Crippen molar-refractivity contribution in [2.75, 3.05) is 10.6 Å². The number of benzene rings is 3. The van der Waals surface area contributed by atoms with Gasteiger partial charge in [0.1, 0.15) is 5.75 Å². The molecule has 3 aromatic carbocycles. The van der Waals surface area contributed by atoms with Gasteiger partial charge in [0.15, 0.2) is 0 Å². The lowest BCUT2D eigenvalue weighted by atomic mass is 10.2. The lowest BCUT2D eigenvalue weighted by Gasteiger charge is -2.11. The fourth-order valence-electron chi connectivity index (χ4n) is 2.23. The summed E-state index contributed by atoms with van der Waals surface area (Å²) in [6.07, 6.45) is 0. The van der Waals surface area contributed by atoms with Crippen molar-refractivity contribution in [2.45, 2.75) is 0 Å². The molecular formula is C20H16N2O3. The first-order chi connectivity index (χ1) is 12.2. The highest BCUT2D eigenvalue weighted by molar-refractivity contribution is 6.05. The molecule has 0 atom stereocenters. The van der Waals surface area contributed by atoms with Gasteiger partial charge in [-0.25, -0.2) is 9.59 Å². The normalized spacial score (nSPS) is 9.92. The Kier molecular flexibility index (Phi) is 5.07. The van der Waals surface area contributed by atoms with E-state index in [9.17, 15) is 9.59 Å². The molecule has 0 bridgehead atoms. The Balaban J connectivity index is 1.72. The maximum atomic E-state index is 12.4. The number of ether oxygens (including phenoxy) is 1. The van der Waals surface area contributed by atoms with E-state index in [2.05, 4.69) is 10.6 Å². The second kappa shape index (κ2) is 7.79. The molecule has 0 unspecified atom stereocenters. The Labute approximate surface area is 145 Å². The number of urea groups is 1. The molecule has 5 nitrogen and oxygen atoms in total. The molecule has 0 saturated heterocycles. The maximum Gasteiger partial charge on any atom is 0.345 e. The number of hydrogen-bond donors (Lipinski definition) is 2. The van der Waals surface area contributed by atoms with E-state index in [1.54, 1.807) is 60.7 Å². The zero-order valence-corrected chi connectivity index (χ0v) is 13.3. The standard InChI is InChI=1S/C20H16N2O3/c23-19(25-16-11-5-2-6-12-16)17-13-7-8-14-18(17)22-20(24)21-15-9-3-1-4-10-15/h1-14H,(H2,21,22,24). The zero-order chi connectivity index (χ0) is 17.5. The molecule has 5 heteroatoms. The third-order valence-electron chi connectivity index (χ3n) is 3.38. The Bertz CT molecular complexity index is 864. The topological polar surface area (TPSA) is 67.4 Å². The third-order valence-corrected chi connectivity index (χ3v) is 3.38. The molecular weight excluding hydrogens is 316 g/mol. The van der Waals surface area contributed by atoms with Crippen LogP contribution in [0.15, 0.2) is 84.9 Å². The molecule has 3 aromatic rings. The van der Waals surface area contributed by atoms with Crippen molar-refractivity contribution in [3.63, 3.8) is 0 Å². The van der Waals surface area contributed by atoms with Crippen LogP contribution in [-0.2, 0) is 0 Å². The van der Waals surface area contributed by atoms with Gasteiger partial charge in [-0.15, -0.1) is 0 Å². The van der Waals surface area contributed by atoms with Gasteiger partial charge in [0.2, 0.25) is 0 Å². The second-order valence-corrected chi connectivity index (χ2v) is 5.19. The minimum Gasteiger partial charge on any atom is -0.423 e. The molecule has 2 N–H and O–H groups in total. The average molecular weight is 332 g/mol. The molecule has 0 saturated carbocycles. The largest absolute Gasteiger partial charge is 0.423 e. The van der Waals surface area contributed by atoms with Crippen LogP contribution in [-0.4, -0.2) is 12.0 Å². The van der Waals surface area contributed by atoms with E-state index in [1.165, 1.54) is 0 Å². The van der Waals surface area contributed by atoms with Crippen molar-refractivity contribution in [3.8, 4) is 5.75 Å². The van der Waals surface area contributed by atoms with Crippen LogP contribution in [0.1, 0.15) is 10.4 Å². The van der Waals surface area contributed by atoms with E-state index in [4.69, 9.17) is 4.74 Å². The predicted molar refractivity (Wildman–Crippen MR) is 96.9 cm³/mol. The van der Waals surface area contributed by atoms with Crippen LogP contribution in [0, 0.1) is 0 Å². The summed E-state index contributed by atoms with van der Waals surface area (Å²) in [5, 5.41) is 5.38. The zero-order valence-electron chi connectivity index (χ0n) is 13.3. The van der Waals surface area contributed by atoms with Gasteiger partial charge in [0.25, 0.3) is 0 Å². The number of esters is 1.